The molecule has 0 saturated heterocycles. The molecule has 3 aromatic carbocycles. The summed E-state index contributed by atoms with van der Waals surface area (Å²) >= 11 is 6.19. The lowest BCUT2D eigenvalue weighted by Gasteiger charge is -2.14. The highest BCUT2D eigenvalue weighted by atomic mass is 35.5. The number of rotatable bonds is 9. The summed E-state index contributed by atoms with van der Waals surface area (Å²) in [7, 11) is 0. The minimum atomic E-state index is -0.225. The molecule has 0 amide bonds. The third-order valence-electron chi connectivity index (χ3n) is 4.22. The first kappa shape index (κ1) is 23.0. The van der Waals surface area contributed by atoms with Crippen LogP contribution in [0.5, 0.6) is 11.5 Å². The molecule has 0 atom stereocenters. The topological polar surface area (TPSA) is 30.5 Å². The number of nitrogens with one attached hydrogen (secondary N) is 1. The molecule has 3 rings (SSSR count). The van der Waals surface area contributed by atoms with Gasteiger partial charge >= 0.3 is 0 Å². The fourth-order valence-electron chi connectivity index (χ4n) is 2.77. The molecule has 0 aliphatic heterocycles. The van der Waals surface area contributed by atoms with Crippen LogP contribution in [-0.4, -0.2) is 6.61 Å². The van der Waals surface area contributed by atoms with Crippen LogP contribution in [0.4, 0.5) is 4.39 Å². The van der Waals surface area contributed by atoms with Gasteiger partial charge in [0, 0.05) is 23.7 Å². The Hall–Kier alpha value is -2.27. The average Bonchev–Trinajstić information content (AvgIpc) is 2.70. The van der Waals surface area contributed by atoms with E-state index in [-0.39, 0.29) is 18.2 Å². The van der Waals surface area contributed by atoms with Crippen molar-refractivity contribution in [2.24, 2.45) is 0 Å². The quantitative estimate of drug-likeness (QED) is 0.435. The molecular formula is C23H24Cl2FNO2. The molecule has 0 aliphatic rings. The second kappa shape index (κ2) is 11.7. The van der Waals surface area contributed by atoms with E-state index in [1.807, 2.05) is 49.4 Å². The lowest BCUT2D eigenvalue weighted by Crippen LogP contribution is -2.13. The predicted octanol–water partition coefficient (Wildman–Crippen LogP) is 6.17. The fraction of sp³-hybridized carbons (Fsp3) is 0.217. The Balaban J connectivity index is 0.00000300. The lowest BCUT2D eigenvalue weighted by molar-refractivity contribution is 0.269. The van der Waals surface area contributed by atoms with Crippen LogP contribution in [0.15, 0.2) is 66.7 Å². The van der Waals surface area contributed by atoms with Gasteiger partial charge in [-0.05, 0) is 48.4 Å². The number of ether oxygens (including phenoxy) is 2. The zero-order valence-electron chi connectivity index (χ0n) is 16.2. The summed E-state index contributed by atoms with van der Waals surface area (Å²) in [5.74, 6) is 1.16. The van der Waals surface area contributed by atoms with E-state index in [1.165, 1.54) is 12.1 Å². The highest BCUT2D eigenvalue weighted by molar-refractivity contribution is 6.31. The number of hydrogen-bond acceptors (Lipinski definition) is 3. The fourth-order valence-corrected chi connectivity index (χ4v) is 2.96. The van der Waals surface area contributed by atoms with Gasteiger partial charge in [-0.3, -0.25) is 0 Å². The van der Waals surface area contributed by atoms with Gasteiger partial charge in [-0.25, -0.2) is 4.39 Å². The molecule has 6 heteroatoms. The Bertz CT molecular complexity index is 904. The van der Waals surface area contributed by atoms with Gasteiger partial charge in [0.1, 0.15) is 12.4 Å². The minimum absolute atomic E-state index is 0. The molecule has 0 unspecified atom stereocenters. The van der Waals surface area contributed by atoms with Crippen LogP contribution in [0.2, 0.25) is 5.02 Å². The first-order chi connectivity index (χ1) is 13.7. The summed E-state index contributed by atoms with van der Waals surface area (Å²) in [6.45, 7) is 4.20. The molecule has 0 aromatic heterocycles. The summed E-state index contributed by atoms with van der Waals surface area (Å²) in [5.41, 5.74) is 3.04. The SMILES string of the molecule is CCOc1cc(CNCc2ccc(F)cc2)ccc1OCc1ccccc1Cl.Cl. The Kier molecular flexibility index (Phi) is 9.26. The van der Waals surface area contributed by atoms with E-state index in [2.05, 4.69) is 5.32 Å². The third kappa shape index (κ3) is 6.93. The summed E-state index contributed by atoms with van der Waals surface area (Å²) in [6.07, 6.45) is 0. The van der Waals surface area contributed by atoms with Crippen LogP contribution < -0.4 is 14.8 Å². The van der Waals surface area contributed by atoms with E-state index in [4.69, 9.17) is 21.1 Å². The number of benzene rings is 3. The van der Waals surface area contributed by atoms with Gasteiger partial charge < -0.3 is 14.8 Å². The monoisotopic (exact) mass is 435 g/mol. The van der Waals surface area contributed by atoms with Crippen LogP contribution in [0.1, 0.15) is 23.6 Å². The van der Waals surface area contributed by atoms with E-state index >= 15 is 0 Å². The van der Waals surface area contributed by atoms with Gasteiger partial charge in [-0.1, -0.05) is 48.0 Å². The molecule has 0 bridgehead atoms. The molecule has 29 heavy (non-hydrogen) atoms. The molecule has 0 saturated carbocycles. The van der Waals surface area contributed by atoms with Crippen molar-refractivity contribution in [3.8, 4) is 11.5 Å². The predicted molar refractivity (Wildman–Crippen MR) is 118 cm³/mol. The maximum absolute atomic E-state index is 13.0. The maximum atomic E-state index is 13.0. The largest absolute Gasteiger partial charge is 0.490 e. The van der Waals surface area contributed by atoms with Gasteiger partial charge in [-0.2, -0.15) is 0 Å². The van der Waals surface area contributed by atoms with Crippen molar-refractivity contribution in [3.63, 3.8) is 0 Å². The molecule has 0 aliphatic carbocycles. The van der Waals surface area contributed by atoms with Crippen molar-refractivity contribution < 1.29 is 13.9 Å². The number of hydrogen-bond donors (Lipinski definition) is 1. The Morgan fingerprint density at radius 1 is 0.862 bits per heavy atom. The smallest absolute Gasteiger partial charge is 0.161 e. The highest BCUT2D eigenvalue weighted by Gasteiger charge is 2.08. The Morgan fingerprint density at radius 2 is 1.55 bits per heavy atom. The molecular weight excluding hydrogens is 412 g/mol. The molecule has 1 N–H and O–H groups in total. The van der Waals surface area contributed by atoms with E-state index in [9.17, 15) is 4.39 Å². The average molecular weight is 436 g/mol. The van der Waals surface area contributed by atoms with Crippen LogP contribution >= 0.6 is 24.0 Å². The van der Waals surface area contributed by atoms with Gasteiger partial charge in [0.05, 0.1) is 6.61 Å². The van der Waals surface area contributed by atoms with Gasteiger partial charge in [0.15, 0.2) is 11.5 Å². The van der Waals surface area contributed by atoms with Crippen LogP contribution in [0.3, 0.4) is 0 Å². The van der Waals surface area contributed by atoms with Crippen molar-refractivity contribution >= 4 is 24.0 Å². The van der Waals surface area contributed by atoms with Crippen molar-refractivity contribution in [2.45, 2.75) is 26.6 Å². The normalized spacial score (nSPS) is 10.3. The third-order valence-corrected chi connectivity index (χ3v) is 4.59. The molecule has 3 nitrogen and oxygen atoms in total. The van der Waals surface area contributed by atoms with Crippen molar-refractivity contribution in [1.82, 2.24) is 5.32 Å². The molecule has 0 radical (unpaired) electrons. The molecule has 3 aromatic rings. The van der Waals surface area contributed by atoms with Crippen LogP contribution in [0, 0.1) is 5.82 Å². The minimum Gasteiger partial charge on any atom is -0.490 e. The van der Waals surface area contributed by atoms with Gasteiger partial charge in [0.25, 0.3) is 0 Å². The van der Waals surface area contributed by atoms with Crippen LogP contribution in [-0.2, 0) is 19.7 Å². The second-order valence-corrected chi connectivity index (χ2v) is 6.73. The molecule has 0 heterocycles. The van der Waals surface area contributed by atoms with E-state index < -0.39 is 0 Å². The van der Waals surface area contributed by atoms with E-state index in [0.29, 0.717) is 42.8 Å². The zero-order chi connectivity index (χ0) is 19.8. The first-order valence-electron chi connectivity index (χ1n) is 9.23. The lowest BCUT2D eigenvalue weighted by atomic mass is 10.1. The zero-order valence-corrected chi connectivity index (χ0v) is 17.7. The summed E-state index contributed by atoms with van der Waals surface area (Å²) in [6, 6.07) is 20.0. The first-order valence-corrected chi connectivity index (χ1v) is 9.60. The van der Waals surface area contributed by atoms with Crippen molar-refractivity contribution in [1.29, 1.82) is 0 Å². The van der Waals surface area contributed by atoms with Crippen molar-refractivity contribution in [3.05, 3.63) is 94.3 Å². The summed E-state index contributed by atoms with van der Waals surface area (Å²) in [4.78, 5) is 0. The van der Waals surface area contributed by atoms with E-state index in [1.54, 1.807) is 12.1 Å². The van der Waals surface area contributed by atoms with E-state index in [0.717, 1.165) is 16.7 Å². The Morgan fingerprint density at radius 3 is 2.28 bits per heavy atom. The molecule has 0 spiro atoms. The van der Waals surface area contributed by atoms with Crippen LogP contribution in [0.25, 0.3) is 0 Å². The standard InChI is InChI=1S/C23H23ClFNO2.ClH/c1-2-27-23-13-18(15-26-14-17-7-10-20(25)11-8-17)9-12-22(23)28-16-19-5-3-4-6-21(19)24;/h3-13,26H,2,14-16H2,1H3;1H. The summed E-state index contributed by atoms with van der Waals surface area (Å²) in [5, 5.41) is 4.04. The maximum Gasteiger partial charge on any atom is 0.161 e. The molecule has 154 valence electrons. The highest BCUT2D eigenvalue weighted by Crippen LogP contribution is 2.30. The molecule has 0 fully saturated rings. The van der Waals surface area contributed by atoms with Gasteiger partial charge in [-0.15, -0.1) is 12.4 Å². The van der Waals surface area contributed by atoms with Crippen molar-refractivity contribution in [2.75, 3.05) is 6.61 Å². The number of halogens is 3. The second-order valence-electron chi connectivity index (χ2n) is 6.32. The van der Waals surface area contributed by atoms with Gasteiger partial charge in [0.2, 0.25) is 0 Å². The Labute approximate surface area is 182 Å². The summed E-state index contributed by atoms with van der Waals surface area (Å²) < 4.78 is 24.6.